The van der Waals surface area contributed by atoms with E-state index >= 15 is 0 Å². The highest BCUT2D eigenvalue weighted by molar-refractivity contribution is 5.77. The number of nitrogens with two attached hydrogens (primary N) is 1. The lowest BCUT2D eigenvalue weighted by atomic mass is 10.1. The van der Waals surface area contributed by atoms with Crippen molar-refractivity contribution in [2.75, 3.05) is 6.54 Å². The number of hydrogen-bond donors (Lipinski definition) is 1. The summed E-state index contributed by atoms with van der Waals surface area (Å²) in [5, 5.41) is 0. The summed E-state index contributed by atoms with van der Waals surface area (Å²) in [5.74, 6) is 0.191. The summed E-state index contributed by atoms with van der Waals surface area (Å²) in [4.78, 5) is 13.8. The molecular weight excluding hydrogens is 188 g/mol. The van der Waals surface area contributed by atoms with Crippen LogP contribution >= 0.6 is 0 Å². The van der Waals surface area contributed by atoms with Crippen molar-refractivity contribution in [2.24, 2.45) is 5.73 Å². The Balaban J connectivity index is 4.07. The van der Waals surface area contributed by atoms with E-state index in [4.69, 9.17) is 5.73 Å². The molecule has 15 heavy (non-hydrogen) atoms. The third-order valence-corrected chi connectivity index (χ3v) is 2.44. The zero-order chi connectivity index (χ0) is 11.8. The van der Waals surface area contributed by atoms with Crippen LogP contribution in [0.4, 0.5) is 0 Å². The molecular formula is C12H26N2O. The smallest absolute Gasteiger partial charge is 0.224 e. The van der Waals surface area contributed by atoms with E-state index in [9.17, 15) is 4.79 Å². The van der Waals surface area contributed by atoms with Gasteiger partial charge in [-0.25, -0.2) is 0 Å². The van der Waals surface area contributed by atoms with Gasteiger partial charge in [0, 0.05) is 25.0 Å². The van der Waals surface area contributed by atoms with Gasteiger partial charge in [0.05, 0.1) is 0 Å². The molecule has 0 aliphatic rings. The second-order valence-electron chi connectivity index (χ2n) is 4.57. The Labute approximate surface area is 94.0 Å². The molecule has 0 aliphatic carbocycles. The van der Waals surface area contributed by atoms with E-state index in [1.165, 1.54) is 12.8 Å². The molecule has 1 amide bonds. The molecule has 0 saturated heterocycles. The van der Waals surface area contributed by atoms with Crippen LogP contribution < -0.4 is 5.73 Å². The minimum atomic E-state index is -0.0371. The molecule has 0 saturated carbocycles. The highest BCUT2D eigenvalue weighted by Gasteiger charge is 2.17. The highest BCUT2D eigenvalue weighted by Crippen LogP contribution is 2.06. The summed E-state index contributed by atoms with van der Waals surface area (Å²) >= 11 is 0. The van der Waals surface area contributed by atoms with Crippen LogP contribution in [0, 0.1) is 0 Å². The van der Waals surface area contributed by atoms with Crippen molar-refractivity contribution in [3.63, 3.8) is 0 Å². The molecule has 0 rings (SSSR count). The fourth-order valence-corrected chi connectivity index (χ4v) is 1.60. The van der Waals surface area contributed by atoms with Crippen molar-refractivity contribution >= 4 is 5.91 Å². The first kappa shape index (κ1) is 14.4. The van der Waals surface area contributed by atoms with Gasteiger partial charge in [-0.1, -0.05) is 19.8 Å². The van der Waals surface area contributed by atoms with Gasteiger partial charge in [0.15, 0.2) is 0 Å². The van der Waals surface area contributed by atoms with Crippen LogP contribution in [0.2, 0.25) is 0 Å². The fourth-order valence-electron chi connectivity index (χ4n) is 1.60. The van der Waals surface area contributed by atoms with Crippen molar-refractivity contribution in [1.82, 2.24) is 4.90 Å². The van der Waals surface area contributed by atoms with Gasteiger partial charge < -0.3 is 10.6 Å². The van der Waals surface area contributed by atoms with Gasteiger partial charge in [-0.2, -0.15) is 0 Å². The number of carbonyl (C=O) groups excluding carboxylic acids is 1. The fraction of sp³-hybridized carbons (Fsp3) is 0.917. The van der Waals surface area contributed by atoms with Crippen molar-refractivity contribution in [2.45, 2.75) is 65.5 Å². The monoisotopic (exact) mass is 214 g/mol. The lowest BCUT2D eigenvalue weighted by Crippen LogP contribution is -2.40. The van der Waals surface area contributed by atoms with Crippen LogP contribution in [0.25, 0.3) is 0 Å². The molecule has 0 bridgehead atoms. The number of amides is 1. The molecule has 3 nitrogen and oxygen atoms in total. The summed E-state index contributed by atoms with van der Waals surface area (Å²) in [6, 6.07) is 0.248. The molecule has 0 heterocycles. The van der Waals surface area contributed by atoms with Crippen LogP contribution in [0.1, 0.15) is 53.4 Å². The predicted molar refractivity (Wildman–Crippen MR) is 64.6 cm³/mol. The van der Waals surface area contributed by atoms with E-state index in [1.54, 1.807) is 0 Å². The Morgan fingerprint density at radius 2 is 1.87 bits per heavy atom. The number of unbranched alkanes of at least 4 members (excludes halogenated alkanes) is 2. The molecule has 0 aromatic rings. The van der Waals surface area contributed by atoms with E-state index in [0.29, 0.717) is 6.42 Å². The molecule has 90 valence electrons. The summed E-state index contributed by atoms with van der Waals surface area (Å²) in [6.07, 6.45) is 3.94. The van der Waals surface area contributed by atoms with Gasteiger partial charge in [-0.15, -0.1) is 0 Å². The maximum atomic E-state index is 11.8. The van der Waals surface area contributed by atoms with E-state index < -0.39 is 0 Å². The minimum absolute atomic E-state index is 0.0371. The molecule has 0 spiro atoms. The first-order chi connectivity index (χ1) is 6.99. The Morgan fingerprint density at radius 1 is 1.27 bits per heavy atom. The van der Waals surface area contributed by atoms with Crippen LogP contribution in [0.3, 0.4) is 0 Å². The Morgan fingerprint density at radius 3 is 2.27 bits per heavy atom. The first-order valence-electron chi connectivity index (χ1n) is 6.04. The lowest BCUT2D eigenvalue weighted by molar-refractivity contribution is -0.133. The van der Waals surface area contributed by atoms with Crippen molar-refractivity contribution in [3.8, 4) is 0 Å². The summed E-state index contributed by atoms with van der Waals surface area (Å²) < 4.78 is 0. The molecule has 0 fully saturated rings. The number of rotatable bonds is 7. The highest BCUT2D eigenvalue weighted by atomic mass is 16.2. The second-order valence-corrected chi connectivity index (χ2v) is 4.57. The average Bonchev–Trinajstić information content (AvgIpc) is 2.10. The topological polar surface area (TPSA) is 46.3 Å². The number of carbonyl (C=O) groups is 1. The van der Waals surface area contributed by atoms with E-state index in [-0.39, 0.29) is 18.0 Å². The standard InChI is InChI=1S/C12H26N2O/c1-5-6-7-8-14(10(2)3)12(15)9-11(4)13/h10-11H,5-9,13H2,1-4H3. The van der Waals surface area contributed by atoms with Gasteiger partial charge in [0.1, 0.15) is 0 Å². The zero-order valence-electron chi connectivity index (χ0n) is 10.6. The van der Waals surface area contributed by atoms with Crippen LogP contribution in [-0.4, -0.2) is 29.4 Å². The average molecular weight is 214 g/mol. The van der Waals surface area contributed by atoms with Gasteiger partial charge in [0.2, 0.25) is 5.91 Å². The minimum Gasteiger partial charge on any atom is -0.340 e. The largest absolute Gasteiger partial charge is 0.340 e. The van der Waals surface area contributed by atoms with Gasteiger partial charge >= 0.3 is 0 Å². The molecule has 2 N–H and O–H groups in total. The predicted octanol–water partition coefficient (Wildman–Crippen LogP) is 2.15. The molecule has 0 aliphatic heterocycles. The molecule has 0 radical (unpaired) electrons. The van der Waals surface area contributed by atoms with Gasteiger partial charge in [0.25, 0.3) is 0 Å². The quantitative estimate of drug-likeness (QED) is 0.660. The summed E-state index contributed by atoms with van der Waals surface area (Å²) in [7, 11) is 0. The third-order valence-electron chi connectivity index (χ3n) is 2.44. The zero-order valence-corrected chi connectivity index (χ0v) is 10.6. The van der Waals surface area contributed by atoms with E-state index in [0.717, 1.165) is 13.0 Å². The van der Waals surface area contributed by atoms with Gasteiger partial charge in [-0.3, -0.25) is 4.79 Å². The molecule has 0 aromatic heterocycles. The SMILES string of the molecule is CCCCCN(C(=O)CC(C)N)C(C)C. The molecule has 0 aromatic carbocycles. The third kappa shape index (κ3) is 6.50. The van der Waals surface area contributed by atoms with Crippen LogP contribution in [0.5, 0.6) is 0 Å². The van der Waals surface area contributed by atoms with Gasteiger partial charge in [-0.05, 0) is 27.2 Å². The summed E-state index contributed by atoms with van der Waals surface area (Å²) in [6.45, 7) is 9.04. The number of nitrogens with zero attached hydrogens (tertiary/aromatic N) is 1. The van der Waals surface area contributed by atoms with Crippen molar-refractivity contribution < 1.29 is 4.79 Å². The van der Waals surface area contributed by atoms with Crippen LogP contribution in [-0.2, 0) is 4.79 Å². The Bertz CT molecular complexity index is 178. The first-order valence-corrected chi connectivity index (χ1v) is 6.04. The Hall–Kier alpha value is -0.570. The molecule has 1 atom stereocenters. The normalized spacial score (nSPS) is 12.9. The maximum Gasteiger partial charge on any atom is 0.224 e. The molecule has 3 heteroatoms. The van der Waals surface area contributed by atoms with E-state index in [2.05, 4.69) is 20.8 Å². The second kappa shape index (κ2) is 7.69. The summed E-state index contributed by atoms with van der Waals surface area (Å²) in [5.41, 5.74) is 5.64. The molecule has 1 unspecified atom stereocenters. The van der Waals surface area contributed by atoms with Crippen LogP contribution in [0.15, 0.2) is 0 Å². The van der Waals surface area contributed by atoms with E-state index in [1.807, 2.05) is 11.8 Å². The maximum absolute atomic E-state index is 11.8. The Kier molecular flexibility index (Phi) is 7.39. The van der Waals surface area contributed by atoms with Crippen molar-refractivity contribution in [1.29, 1.82) is 0 Å². The van der Waals surface area contributed by atoms with Crippen molar-refractivity contribution in [3.05, 3.63) is 0 Å². The number of hydrogen-bond acceptors (Lipinski definition) is 2. The lowest BCUT2D eigenvalue weighted by Gasteiger charge is -2.27.